The van der Waals surface area contributed by atoms with Crippen molar-refractivity contribution in [3.63, 3.8) is 0 Å². The molecule has 0 saturated carbocycles. The van der Waals surface area contributed by atoms with Crippen molar-refractivity contribution < 1.29 is 14.4 Å². The molecule has 2 unspecified atom stereocenters. The quantitative estimate of drug-likeness (QED) is 0.580. The van der Waals surface area contributed by atoms with Crippen molar-refractivity contribution in [2.75, 3.05) is 13.1 Å². The summed E-state index contributed by atoms with van der Waals surface area (Å²) in [5.41, 5.74) is 5.26. The average molecular weight is 227 g/mol. The summed E-state index contributed by atoms with van der Waals surface area (Å²) in [4.78, 5) is 35.1. The molecule has 1 aliphatic rings. The van der Waals surface area contributed by atoms with Gasteiger partial charge in [0.1, 0.15) is 12.3 Å². The van der Waals surface area contributed by atoms with Crippen LogP contribution in [-0.4, -0.2) is 48.2 Å². The Bertz CT molecular complexity index is 293. The Balaban J connectivity index is 2.60. The first-order valence-corrected chi connectivity index (χ1v) is 5.35. The summed E-state index contributed by atoms with van der Waals surface area (Å²) in [7, 11) is 0. The van der Waals surface area contributed by atoms with E-state index in [4.69, 9.17) is 5.73 Å². The number of nitrogens with one attached hydrogen (secondary N) is 1. The van der Waals surface area contributed by atoms with E-state index in [-0.39, 0.29) is 18.4 Å². The predicted octanol–water partition coefficient (Wildman–Crippen LogP) is -1.36. The van der Waals surface area contributed by atoms with Crippen LogP contribution in [0.25, 0.3) is 0 Å². The second kappa shape index (κ2) is 5.60. The highest BCUT2D eigenvalue weighted by Crippen LogP contribution is 2.17. The van der Waals surface area contributed by atoms with Crippen molar-refractivity contribution in [1.29, 1.82) is 0 Å². The second-order valence-electron chi connectivity index (χ2n) is 3.88. The van der Waals surface area contributed by atoms with Crippen LogP contribution in [0.2, 0.25) is 0 Å². The fraction of sp³-hybridized carbons (Fsp3) is 0.700. The first kappa shape index (κ1) is 12.6. The molecule has 6 heteroatoms. The highest BCUT2D eigenvalue weighted by Gasteiger charge is 2.33. The van der Waals surface area contributed by atoms with Gasteiger partial charge in [0.2, 0.25) is 11.8 Å². The van der Waals surface area contributed by atoms with Crippen LogP contribution in [0.3, 0.4) is 0 Å². The first-order valence-electron chi connectivity index (χ1n) is 5.35. The molecule has 0 spiro atoms. The molecule has 16 heavy (non-hydrogen) atoms. The summed E-state index contributed by atoms with van der Waals surface area (Å²) >= 11 is 0. The van der Waals surface area contributed by atoms with Gasteiger partial charge in [-0.05, 0) is 19.8 Å². The Morgan fingerprint density at radius 3 is 2.88 bits per heavy atom. The number of amides is 2. The van der Waals surface area contributed by atoms with E-state index in [9.17, 15) is 14.4 Å². The van der Waals surface area contributed by atoms with Gasteiger partial charge in [0, 0.05) is 6.54 Å². The highest BCUT2D eigenvalue weighted by molar-refractivity contribution is 5.90. The third-order valence-electron chi connectivity index (χ3n) is 2.62. The van der Waals surface area contributed by atoms with E-state index in [1.165, 1.54) is 4.90 Å². The topological polar surface area (TPSA) is 92.5 Å². The van der Waals surface area contributed by atoms with Crippen LogP contribution in [0.15, 0.2) is 0 Å². The van der Waals surface area contributed by atoms with Gasteiger partial charge < -0.3 is 20.7 Å². The molecule has 2 amide bonds. The molecule has 1 saturated heterocycles. The summed E-state index contributed by atoms with van der Waals surface area (Å²) in [6.07, 6.45) is 2.07. The number of aldehydes is 1. The minimum absolute atomic E-state index is 0.0903. The number of carbonyl (C=O) groups excluding carboxylic acids is 3. The van der Waals surface area contributed by atoms with Crippen molar-refractivity contribution in [3.8, 4) is 0 Å². The molecule has 0 aromatic carbocycles. The summed E-state index contributed by atoms with van der Waals surface area (Å²) < 4.78 is 0. The van der Waals surface area contributed by atoms with Gasteiger partial charge in [0.15, 0.2) is 0 Å². The van der Waals surface area contributed by atoms with E-state index in [2.05, 4.69) is 5.32 Å². The first-order chi connectivity index (χ1) is 7.60. The summed E-state index contributed by atoms with van der Waals surface area (Å²) in [5, 5.41) is 2.54. The van der Waals surface area contributed by atoms with Crippen molar-refractivity contribution in [2.45, 2.75) is 31.8 Å². The predicted molar refractivity (Wildman–Crippen MR) is 57.5 cm³/mol. The zero-order valence-corrected chi connectivity index (χ0v) is 9.31. The van der Waals surface area contributed by atoms with Gasteiger partial charge in [-0.2, -0.15) is 0 Å². The van der Waals surface area contributed by atoms with Gasteiger partial charge in [-0.1, -0.05) is 0 Å². The van der Waals surface area contributed by atoms with Gasteiger partial charge in [0.05, 0.1) is 12.6 Å². The molecule has 0 aromatic rings. The van der Waals surface area contributed by atoms with Crippen LogP contribution >= 0.6 is 0 Å². The highest BCUT2D eigenvalue weighted by atomic mass is 16.2. The Hall–Kier alpha value is -1.43. The number of nitrogens with zero attached hydrogens (tertiary/aromatic N) is 1. The van der Waals surface area contributed by atoms with Crippen LogP contribution in [0.4, 0.5) is 0 Å². The molecule has 3 N–H and O–H groups in total. The minimum Gasteiger partial charge on any atom is -0.345 e. The Labute approximate surface area is 94.2 Å². The largest absolute Gasteiger partial charge is 0.345 e. The lowest BCUT2D eigenvalue weighted by Gasteiger charge is -2.23. The van der Waals surface area contributed by atoms with Crippen molar-refractivity contribution in [2.24, 2.45) is 5.73 Å². The molecule has 0 aromatic heterocycles. The van der Waals surface area contributed by atoms with E-state index in [0.29, 0.717) is 19.3 Å². The molecule has 0 radical (unpaired) electrons. The molecule has 1 heterocycles. The van der Waals surface area contributed by atoms with E-state index in [1.807, 2.05) is 0 Å². The monoisotopic (exact) mass is 227 g/mol. The van der Waals surface area contributed by atoms with Gasteiger partial charge in [-0.3, -0.25) is 9.59 Å². The van der Waals surface area contributed by atoms with Crippen LogP contribution < -0.4 is 11.1 Å². The van der Waals surface area contributed by atoms with Gasteiger partial charge >= 0.3 is 0 Å². The standard InChI is InChI=1S/C10H17N3O3/c1-7(6-14)12-10(16)8-3-2-4-13(8)9(15)5-11/h6-8H,2-5,11H2,1H3,(H,12,16). The number of carbonyl (C=O) groups is 3. The SMILES string of the molecule is CC(C=O)NC(=O)C1CCCN1C(=O)CN. The number of hydrogen-bond acceptors (Lipinski definition) is 4. The maximum Gasteiger partial charge on any atom is 0.243 e. The van der Waals surface area contributed by atoms with Crippen molar-refractivity contribution >= 4 is 18.1 Å². The molecule has 1 rings (SSSR count). The second-order valence-corrected chi connectivity index (χ2v) is 3.88. The lowest BCUT2D eigenvalue weighted by atomic mass is 10.2. The van der Waals surface area contributed by atoms with Crippen LogP contribution in [0, 0.1) is 0 Å². The maximum atomic E-state index is 11.7. The third-order valence-corrected chi connectivity index (χ3v) is 2.62. The average Bonchev–Trinajstić information content (AvgIpc) is 2.76. The normalized spacial score (nSPS) is 21.6. The minimum atomic E-state index is -0.525. The van der Waals surface area contributed by atoms with E-state index in [0.717, 1.165) is 6.42 Å². The van der Waals surface area contributed by atoms with Crippen molar-refractivity contribution in [3.05, 3.63) is 0 Å². The molecule has 0 aliphatic carbocycles. The van der Waals surface area contributed by atoms with Crippen LogP contribution in [0.1, 0.15) is 19.8 Å². The van der Waals surface area contributed by atoms with E-state index >= 15 is 0 Å². The Morgan fingerprint density at radius 2 is 2.31 bits per heavy atom. The van der Waals surface area contributed by atoms with E-state index < -0.39 is 12.1 Å². The molecular formula is C10H17N3O3. The zero-order chi connectivity index (χ0) is 12.1. The lowest BCUT2D eigenvalue weighted by Crippen LogP contribution is -2.49. The van der Waals surface area contributed by atoms with E-state index in [1.54, 1.807) is 6.92 Å². The molecule has 6 nitrogen and oxygen atoms in total. The lowest BCUT2D eigenvalue weighted by molar-refractivity contribution is -0.137. The smallest absolute Gasteiger partial charge is 0.243 e. The number of nitrogens with two attached hydrogens (primary N) is 1. The molecule has 90 valence electrons. The summed E-state index contributed by atoms with van der Waals surface area (Å²) in [6, 6.07) is -0.999. The molecule has 0 bridgehead atoms. The molecule has 2 atom stereocenters. The summed E-state index contributed by atoms with van der Waals surface area (Å²) in [6.45, 7) is 2.06. The number of likely N-dealkylation sites (tertiary alicyclic amines) is 1. The third kappa shape index (κ3) is 2.79. The van der Waals surface area contributed by atoms with Gasteiger partial charge in [-0.15, -0.1) is 0 Å². The fourth-order valence-corrected chi connectivity index (χ4v) is 1.81. The van der Waals surface area contributed by atoms with Crippen LogP contribution in [-0.2, 0) is 14.4 Å². The summed E-state index contributed by atoms with van der Waals surface area (Å²) in [5.74, 6) is -0.504. The maximum absolute atomic E-state index is 11.7. The fourth-order valence-electron chi connectivity index (χ4n) is 1.81. The molecule has 1 fully saturated rings. The van der Waals surface area contributed by atoms with Gasteiger partial charge in [0.25, 0.3) is 0 Å². The Morgan fingerprint density at radius 1 is 1.62 bits per heavy atom. The van der Waals surface area contributed by atoms with Gasteiger partial charge in [-0.25, -0.2) is 0 Å². The van der Waals surface area contributed by atoms with Crippen LogP contribution in [0.5, 0.6) is 0 Å². The molecular weight excluding hydrogens is 210 g/mol. The van der Waals surface area contributed by atoms with Crippen molar-refractivity contribution in [1.82, 2.24) is 10.2 Å². The number of hydrogen-bond donors (Lipinski definition) is 2. The molecule has 1 aliphatic heterocycles. The zero-order valence-electron chi connectivity index (χ0n) is 9.31. The Kier molecular flexibility index (Phi) is 4.42. The number of rotatable bonds is 4.